The van der Waals surface area contributed by atoms with Crippen molar-refractivity contribution in [3.8, 4) is 0 Å². The SMILES string of the molecule is CCCCCCCCCCCCC(C(=O)[O-])C(CCCCCCCCCCCC)(C(=O)[O-])S(=O)(=O)O.[Na+].[Na+]. The van der Waals surface area contributed by atoms with E-state index < -0.39 is 39.1 Å². The third-order valence-electron chi connectivity index (χ3n) is 7.40. The predicted octanol–water partition coefficient (Wildman–Crippen LogP) is -0.641. The van der Waals surface area contributed by atoms with E-state index in [1.165, 1.54) is 51.4 Å². The van der Waals surface area contributed by atoms with Crippen molar-refractivity contribution in [1.82, 2.24) is 0 Å². The number of unbranched alkanes of at least 4 members (excludes halogenated alkanes) is 18. The minimum absolute atomic E-state index is 0. The Kier molecular flexibility index (Phi) is 30.5. The van der Waals surface area contributed by atoms with Crippen molar-refractivity contribution in [2.45, 2.75) is 160 Å². The third kappa shape index (κ3) is 18.3. The van der Waals surface area contributed by atoms with E-state index in [0.717, 1.165) is 51.4 Å². The van der Waals surface area contributed by atoms with Gasteiger partial charge in [-0.05, 0) is 12.8 Å². The molecule has 0 aliphatic rings. The van der Waals surface area contributed by atoms with Crippen LogP contribution in [-0.2, 0) is 19.7 Å². The third-order valence-corrected chi connectivity index (χ3v) is 8.98. The van der Waals surface area contributed by atoms with Gasteiger partial charge < -0.3 is 19.8 Å². The van der Waals surface area contributed by atoms with E-state index in [1.54, 1.807) is 0 Å². The molecular weight excluding hydrogens is 526 g/mol. The summed E-state index contributed by atoms with van der Waals surface area (Å²) in [6, 6.07) is 0. The van der Waals surface area contributed by atoms with Crippen LogP contribution in [0.15, 0.2) is 0 Å². The van der Waals surface area contributed by atoms with E-state index in [9.17, 15) is 32.8 Å². The molecule has 0 rings (SSSR count). The molecule has 0 aliphatic heterocycles. The number of hydrogen-bond acceptors (Lipinski definition) is 6. The fourth-order valence-corrected chi connectivity index (χ4v) is 6.27. The number of carboxylic acid groups (broad SMARTS) is 2. The fourth-order valence-electron chi connectivity index (χ4n) is 5.08. The summed E-state index contributed by atoms with van der Waals surface area (Å²) in [5.41, 5.74) is 0. The van der Waals surface area contributed by atoms with Crippen molar-refractivity contribution >= 4 is 22.1 Å². The Labute approximate surface area is 277 Å². The molecule has 1 N–H and O–H groups in total. The Morgan fingerprint density at radius 3 is 1.24 bits per heavy atom. The largest absolute Gasteiger partial charge is 1.00 e. The normalized spacial score (nSPS) is 13.7. The molecule has 0 radical (unpaired) electrons. The molecule has 2 atom stereocenters. The van der Waals surface area contributed by atoms with Gasteiger partial charge in [-0.3, -0.25) is 4.55 Å². The summed E-state index contributed by atoms with van der Waals surface area (Å²) >= 11 is 0. The van der Waals surface area contributed by atoms with Crippen molar-refractivity contribution in [1.29, 1.82) is 0 Å². The van der Waals surface area contributed by atoms with Crippen LogP contribution in [-0.4, -0.2) is 29.7 Å². The summed E-state index contributed by atoms with van der Waals surface area (Å²) in [6.07, 6.45) is 19.0. The van der Waals surface area contributed by atoms with Gasteiger partial charge in [0.1, 0.15) is 4.75 Å². The van der Waals surface area contributed by atoms with Gasteiger partial charge in [0.2, 0.25) is 0 Å². The Balaban J connectivity index is -0.00000612. The van der Waals surface area contributed by atoms with Gasteiger partial charge in [0.05, 0.1) is 5.97 Å². The van der Waals surface area contributed by atoms with Gasteiger partial charge in [-0.15, -0.1) is 0 Å². The van der Waals surface area contributed by atoms with Gasteiger partial charge in [-0.1, -0.05) is 142 Å². The maximum atomic E-state index is 12.3. The predicted molar refractivity (Wildman–Crippen MR) is 141 cm³/mol. The molecule has 0 aliphatic carbocycles. The van der Waals surface area contributed by atoms with E-state index in [1.807, 2.05) is 0 Å². The van der Waals surface area contributed by atoms with Crippen molar-refractivity contribution < 1.29 is 91.9 Å². The zero-order valence-electron chi connectivity index (χ0n) is 24.9. The number of hydrogen-bond donors (Lipinski definition) is 1. The van der Waals surface area contributed by atoms with Crippen LogP contribution < -0.4 is 69.3 Å². The molecule has 10 heteroatoms. The monoisotopic (exact) mass is 578 g/mol. The van der Waals surface area contributed by atoms with Crippen molar-refractivity contribution in [2.24, 2.45) is 5.92 Å². The van der Waals surface area contributed by atoms with Crippen LogP contribution in [0.3, 0.4) is 0 Å². The van der Waals surface area contributed by atoms with Crippen molar-refractivity contribution in [2.75, 3.05) is 0 Å². The first-order chi connectivity index (χ1) is 17.1. The molecule has 0 heterocycles. The second-order valence-corrected chi connectivity index (χ2v) is 12.1. The topological polar surface area (TPSA) is 135 Å². The first kappa shape index (κ1) is 43.3. The number of carbonyl (C=O) groups excluding carboxylic acids is 2. The molecule has 0 aromatic heterocycles. The standard InChI is InChI=1S/C28H54O7S.2Na/c1-3-5-7-9-11-13-15-17-19-21-23-25(26(29)30)28(27(31)32,36(33,34)35)24-22-20-18-16-14-12-10-8-6-4-2;;/h25H,3-24H2,1-2H3,(H,29,30)(H,31,32)(H,33,34,35);;/q;2*+1/p-2. The van der Waals surface area contributed by atoms with Gasteiger partial charge in [-0.2, -0.15) is 8.42 Å². The minimum Gasteiger partial charge on any atom is -0.550 e. The number of rotatable bonds is 26. The zero-order chi connectivity index (χ0) is 27.3. The average Bonchev–Trinajstić information content (AvgIpc) is 2.80. The smallest absolute Gasteiger partial charge is 0.550 e. The Morgan fingerprint density at radius 2 is 0.947 bits per heavy atom. The molecule has 0 saturated carbocycles. The summed E-state index contributed by atoms with van der Waals surface area (Å²) in [5, 5.41) is 23.9. The zero-order valence-corrected chi connectivity index (χ0v) is 29.8. The van der Waals surface area contributed by atoms with Crippen LogP contribution in [0.5, 0.6) is 0 Å². The van der Waals surface area contributed by atoms with Crippen LogP contribution >= 0.6 is 0 Å². The van der Waals surface area contributed by atoms with Gasteiger partial charge in [-0.25, -0.2) is 0 Å². The van der Waals surface area contributed by atoms with Gasteiger partial charge in [0.15, 0.2) is 0 Å². The molecule has 214 valence electrons. The summed E-state index contributed by atoms with van der Waals surface area (Å²) in [5.74, 6) is -5.66. The number of aliphatic carboxylic acids is 2. The van der Waals surface area contributed by atoms with Gasteiger partial charge in [0, 0.05) is 11.9 Å². The van der Waals surface area contributed by atoms with E-state index in [4.69, 9.17) is 0 Å². The van der Waals surface area contributed by atoms with Crippen molar-refractivity contribution in [3.05, 3.63) is 0 Å². The van der Waals surface area contributed by atoms with Crippen molar-refractivity contribution in [3.63, 3.8) is 0 Å². The average molecular weight is 579 g/mol. The Bertz CT molecular complexity index is 689. The Hall–Kier alpha value is 0.850. The Morgan fingerprint density at radius 1 is 0.632 bits per heavy atom. The first-order valence-electron chi connectivity index (χ1n) is 14.5. The molecule has 0 fully saturated rings. The van der Waals surface area contributed by atoms with Gasteiger partial charge >= 0.3 is 59.1 Å². The number of carbonyl (C=O) groups is 2. The van der Waals surface area contributed by atoms with Crippen LogP contribution in [0, 0.1) is 5.92 Å². The van der Waals surface area contributed by atoms with E-state index >= 15 is 0 Å². The van der Waals surface area contributed by atoms with E-state index in [0.29, 0.717) is 19.3 Å². The maximum absolute atomic E-state index is 12.3. The molecule has 0 bridgehead atoms. The summed E-state index contributed by atoms with van der Waals surface area (Å²) in [7, 11) is -5.23. The van der Waals surface area contributed by atoms with Crippen LogP contribution in [0.1, 0.15) is 155 Å². The van der Waals surface area contributed by atoms with E-state index in [2.05, 4.69) is 13.8 Å². The maximum Gasteiger partial charge on any atom is 1.00 e. The molecule has 0 amide bonds. The quantitative estimate of drug-likeness (QED) is 0.0820. The molecule has 7 nitrogen and oxygen atoms in total. The molecule has 0 aromatic carbocycles. The van der Waals surface area contributed by atoms with Gasteiger partial charge in [0.25, 0.3) is 10.1 Å². The summed E-state index contributed by atoms with van der Waals surface area (Å²) < 4.78 is 31.5. The molecule has 2 unspecified atom stereocenters. The first-order valence-corrected chi connectivity index (χ1v) is 16.0. The fraction of sp³-hybridized carbons (Fsp3) is 0.929. The number of carboxylic acids is 2. The molecular formula is C28H52Na2O7S. The molecule has 0 aromatic rings. The van der Waals surface area contributed by atoms with Crippen LogP contribution in [0.2, 0.25) is 0 Å². The van der Waals surface area contributed by atoms with Crippen LogP contribution in [0.4, 0.5) is 0 Å². The van der Waals surface area contributed by atoms with E-state index in [-0.39, 0.29) is 72.0 Å². The second kappa shape index (κ2) is 26.7. The molecule has 0 saturated heterocycles. The van der Waals surface area contributed by atoms with Crippen LogP contribution in [0.25, 0.3) is 0 Å². The summed E-state index contributed by atoms with van der Waals surface area (Å²) in [4.78, 5) is 23.9. The minimum atomic E-state index is -5.23. The summed E-state index contributed by atoms with van der Waals surface area (Å²) in [6.45, 7) is 4.34. The molecule has 38 heavy (non-hydrogen) atoms. The second-order valence-electron chi connectivity index (χ2n) is 10.4. The molecule has 0 spiro atoms.